The van der Waals surface area contributed by atoms with Gasteiger partial charge in [-0.25, -0.2) is 4.79 Å². The van der Waals surface area contributed by atoms with Crippen LogP contribution < -0.4 is 0 Å². The maximum atomic E-state index is 11.3. The van der Waals surface area contributed by atoms with Crippen molar-refractivity contribution < 1.29 is 9.90 Å². The summed E-state index contributed by atoms with van der Waals surface area (Å²) in [5.74, 6) is -0.990. The van der Waals surface area contributed by atoms with E-state index in [1.807, 2.05) is 36.6 Å². The Morgan fingerprint density at radius 2 is 2.06 bits per heavy atom. The molecule has 0 aliphatic heterocycles. The van der Waals surface area contributed by atoms with Crippen LogP contribution in [0.15, 0.2) is 34.5 Å². The first-order valence-electron chi connectivity index (χ1n) is 5.08. The number of carboxylic acid groups (broad SMARTS) is 1. The number of benzene rings is 1. The van der Waals surface area contributed by atoms with Gasteiger partial charge in [0, 0.05) is 5.56 Å². The Kier molecular flexibility index (Phi) is 3.70. The average molecular weight is 275 g/mol. The molecule has 1 N–H and O–H groups in total. The zero-order chi connectivity index (χ0) is 13.1. The molecule has 5 heteroatoms. The third-order valence-corrected chi connectivity index (χ3v) is 4.73. The van der Waals surface area contributed by atoms with Crippen molar-refractivity contribution in [3.05, 3.63) is 40.8 Å². The minimum absolute atomic E-state index is 0.224. The van der Waals surface area contributed by atoms with Crippen LogP contribution in [0.5, 0.6) is 0 Å². The smallest absolute Gasteiger partial charge is 0.346 e. The van der Waals surface area contributed by atoms with Crippen LogP contribution in [0.1, 0.15) is 15.2 Å². The van der Waals surface area contributed by atoms with Gasteiger partial charge in [0.2, 0.25) is 0 Å². The Morgan fingerprint density at radius 3 is 2.56 bits per heavy atom. The maximum absolute atomic E-state index is 11.3. The van der Waals surface area contributed by atoms with Crippen molar-refractivity contribution in [3.63, 3.8) is 0 Å². The second-order valence-corrected chi connectivity index (χ2v) is 5.55. The molecule has 0 fully saturated rings. The molecule has 18 heavy (non-hydrogen) atoms. The molecule has 0 saturated heterocycles. The van der Waals surface area contributed by atoms with Crippen molar-refractivity contribution in [1.29, 1.82) is 5.26 Å². The zero-order valence-electron chi connectivity index (χ0n) is 9.51. The van der Waals surface area contributed by atoms with E-state index < -0.39 is 5.97 Å². The molecule has 1 aromatic carbocycles. The Labute approximate surface area is 113 Å². The highest BCUT2D eigenvalue weighted by atomic mass is 32.2. The first-order valence-corrected chi connectivity index (χ1v) is 7.12. The summed E-state index contributed by atoms with van der Waals surface area (Å²) < 4.78 is 0.744. The zero-order valence-corrected chi connectivity index (χ0v) is 11.1. The normalized spacial score (nSPS) is 10.0. The molecule has 2 rings (SSSR count). The summed E-state index contributed by atoms with van der Waals surface area (Å²) in [5.41, 5.74) is 1.75. The number of thiophene rings is 1. The summed E-state index contributed by atoms with van der Waals surface area (Å²) in [6.45, 7) is 0. The number of hydrogen-bond acceptors (Lipinski definition) is 4. The fraction of sp³-hybridized carbons (Fsp3) is 0.0769. The number of rotatable bonds is 3. The molecule has 1 aromatic heterocycles. The van der Waals surface area contributed by atoms with E-state index in [0.717, 1.165) is 21.1 Å². The summed E-state index contributed by atoms with van der Waals surface area (Å²) in [7, 11) is 0. The van der Waals surface area contributed by atoms with Crippen molar-refractivity contribution in [2.75, 3.05) is 6.26 Å². The second kappa shape index (κ2) is 5.25. The van der Waals surface area contributed by atoms with Gasteiger partial charge in [-0.05, 0) is 11.8 Å². The Bertz CT molecular complexity index is 626. The SMILES string of the molecule is CSc1sc(C(=O)O)c(-c2ccccc2)c1C#N. The van der Waals surface area contributed by atoms with E-state index in [4.69, 9.17) is 0 Å². The number of nitriles is 1. The van der Waals surface area contributed by atoms with Gasteiger partial charge in [0.1, 0.15) is 10.9 Å². The molecule has 3 nitrogen and oxygen atoms in total. The summed E-state index contributed by atoms with van der Waals surface area (Å²) in [6, 6.07) is 11.3. The van der Waals surface area contributed by atoms with Gasteiger partial charge in [-0.15, -0.1) is 23.1 Å². The maximum Gasteiger partial charge on any atom is 0.346 e. The molecule has 0 atom stereocenters. The first-order chi connectivity index (χ1) is 8.69. The van der Waals surface area contributed by atoms with Gasteiger partial charge in [-0.2, -0.15) is 5.26 Å². The Hall–Kier alpha value is -1.77. The fourth-order valence-electron chi connectivity index (χ4n) is 1.69. The van der Waals surface area contributed by atoms with Crippen LogP contribution in [0.3, 0.4) is 0 Å². The van der Waals surface area contributed by atoms with Gasteiger partial charge in [-0.3, -0.25) is 0 Å². The van der Waals surface area contributed by atoms with Crippen molar-refractivity contribution >= 4 is 29.1 Å². The lowest BCUT2D eigenvalue weighted by atomic mass is 10.0. The standard InChI is InChI=1S/C13H9NO2S2/c1-17-13-9(7-14)10(11(18-13)12(15)16)8-5-3-2-4-6-8/h2-6H,1H3,(H,15,16). The predicted octanol–water partition coefficient (Wildman–Crippen LogP) is 3.71. The van der Waals surface area contributed by atoms with E-state index in [1.54, 1.807) is 0 Å². The van der Waals surface area contributed by atoms with Gasteiger partial charge in [-0.1, -0.05) is 30.3 Å². The van der Waals surface area contributed by atoms with E-state index in [0.29, 0.717) is 11.1 Å². The van der Waals surface area contributed by atoms with E-state index in [1.165, 1.54) is 11.8 Å². The van der Waals surface area contributed by atoms with Crippen LogP contribution in [-0.4, -0.2) is 17.3 Å². The number of nitrogens with zero attached hydrogens (tertiary/aromatic N) is 1. The molecule has 0 spiro atoms. The van der Waals surface area contributed by atoms with Gasteiger partial charge in [0.15, 0.2) is 0 Å². The van der Waals surface area contributed by atoms with E-state index in [2.05, 4.69) is 6.07 Å². The van der Waals surface area contributed by atoms with Gasteiger partial charge in [0.05, 0.1) is 9.77 Å². The molecular formula is C13H9NO2S2. The summed E-state index contributed by atoms with van der Waals surface area (Å²) >= 11 is 2.55. The number of aromatic carboxylic acids is 1. The fourth-order valence-corrected chi connectivity index (χ4v) is 3.47. The molecule has 0 amide bonds. The Balaban J connectivity index is 2.75. The highest BCUT2D eigenvalue weighted by Crippen LogP contribution is 2.40. The van der Waals surface area contributed by atoms with E-state index in [-0.39, 0.29) is 4.88 Å². The first kappa shape index (κ1) is 12.7. The largest absolute Gasteiger partial charge is 0.477 e. The van der Waals surface area contributed by atoms with Crippen LogP contribution in [0.25, 0.3) is 11.1 Å². The lowest BCUT2D eigenvalue weighted by molar-refractivity contribution is 0.0703. The molecular weight excluding hydrogens is 266 g/mol. The van der Waals surface area contributed by atoms with Crippen molar-refractivity contribution in [2.24, 2.45) is 0 Å². The van der Waals surface area contributed by atoms with Crippen molar-refractivity contribution in [2.45, 2.75) is 4.21 Å². The lowest BCUT2D eigenvalue weighted by Crippen LogP contribution is -1.95. The third kappa shape index (κ3) is 2.13. The van der Waals surface area contributed by atoms with Gasteiger partial charge < -0.3 is 5.11 Å². The molecule has 1 heterocycles. The van der Waals surface area contributed by atoms with Gasteiger partial charge >= 0.3 is 5.97 Å². The summed E-state index contributed by atoms with van der Waals surface area (Å²) in [4.78, 5) is 11.5. The third-order valence-electron chi connectivity index (χ3n) is 2.43. The Morgan fingerprint density at radius 1 is 1.39 bits per heavy atom. The molecule has 0 bridgehead atoms. The molecule has 0 aliphatic rings. The van der Waals surface area contributed by atoms with Gasteiger partial charge in [0.25, 0.3) is 0 Å². The quantitative estimate of drug-likeness (QED) is 0.867. The minimum Gasteiger partial charge on any atom is -0.477 e. The summed E-state index contributed by atoms with van der Waals surface area (Å²) in [6.07, 6.45) is 1.84. The minimum atomic E-state index is -0.990. The van der Waals surface area contributed by atoms with Crippen molar-refractivity contribution in [1.82, 2.24) is 0 Å². The van der Waals surface area contributed by atoms with Crippen LogP contribution in [-0.2, 0) is 0 Å². The van der Waals surface area contributed by atoms with Crippen LogP contribution in [0.4, 0.5) is 0 Å². The monoisotopic (exact) mass is 275 g/mol. The second-order valence-electron chi connectivity index (χ2n) is 3.46. The highest BCUT2D eigenvalue weighted by molar-refractivity contribution is 8.00. The average Bonchev–Trinajstić information content (AvgIpc) is 2.78. The van der Waals surface area contributed by atoms with E-state index >= 15 is 0 Å². The number of carbonyl (C=O) groups is 1. The number of carboxylic acids is 1. The summed E-state index contributed by atoms with van der Waals surface area (Å²) in [5, 5.41) is 18.5. The molecule has 90 valence electrons. The van der Waals surface area contributed by atoms with Crippen LogP contribution >= 0.6 is 23.1 Å². The number of hydrogen-bond donors (Lipinski definition) is 1. The highest BCUT2D eigenvalue weighted by Gasteiger charge is 2.23. The molecule has 0 unspecified atom stereocenters. The molecule has 0 radical (unpaired) electrons. The topological polar surface area (TPSA) is 61.1 Å². The molecule has 2 aromatic rings. The predicted molar refractivity (Wildman–Crippen MR) is 73.2 cm³/mol. The van der Waals surface area contributed by atoms with E-state index in [9.17, 15) is 15.2 Å². The lowest BCUT2D eigenvalue weighted by Gasteiger charge is -2.01. The number of thioether (sulfide) groups is 1. The molecule has 0 aliphatic carbocycles. The van der Waals surface area contributed by atoms with Crippen molar-refractivity contribution in [3.8, 4) is 17.2 Å². The van der Waals surface area contributed by atoms with Crippen LogP contribution in [0.2, 0.25) is 0 Å². The van der Waals surface area contributed by atoms with Crippen LogP contribution in [0, 0.1) is 11.3 Å². The molecule has 0 saturated carbocycles.